The lowest BCUT2D eigenvalue weighted by Gasteiger charge is -2.05. The normalized spacial score (nSPS) is 24.0. The van der Waals surface area contributed by atoms with Crippen molar-refractivity contribution < 1.29 is 0 Å². The summed E-state index contributed by atoms with van der Waals surface area (Å²) in [6, 6.07) is 3.06. The average molecular weight is 238 g/mol. The summed E-state index contributed by atoms with van der Waals surface area (Å²) in [5, 5.41) is 0. The van der Waals surface area contributed by atoms with Crippen LogP contribution in [0.1, 0.15) is 83.5 Å². The van der Waals surface area contributed by atoms with E-state index >= 15 is 0 Å². The van der Waals surface area contributed by atoms with Crippen molar-refractivity contribution in [2.24, 2.45) is 0 Å². The SMILES string of the molecule is C1CCCCCCC[Si]CCCCCCC1. The van der Waals surface area contributed by atoms with Crippen LogP contribution in [0.25, 0.3) is 0 Å². The fourth-order valence-corrected chi connectivity index (χ4v) is 3.82. The first-order valence-corrected chi connectivity index (χ1v) is 9.12. The summed E-state index contributed by atoms with van der Waals surface area (Å²) in [7, 11) is 1.27. The zero-order valence-corrected chi connectivity index (χ0v) is 12.1. The van der Waals surface area contributed by atoms with E-state index in [2.05, 4.69) is 0 Å². The van der Waals surface area contributed by atoms with Gasteiger partial charge >= 0.3 is 0 Å². The van der Waals surface area contributed by atoms with Gasteiger partial charge in [0.05, 0.1) is 0 Å². The van der Waals surface area contributed by atoms with Crippen molar-refractivity contribution in [1.29, 1.82) is 0 Å². The van der Waals surface area contributed by atoms with Crippen LogP contribution >= 0.6 is 0 Å². The Labute approximate surface area is 105 Å². The minimum absolute atomic E-state index is 1.27. The molecule has 1 aliphatic rings. The molecule has 0 unspecified atom stereocenters. The maximum absolute atomic E-state index is 1.53. The molecule has 1 fully saturated rings. The molecule has 2 radical (unpaired) electrons. The molecule has 0 aromatic carbocycles. The van der Waals surface area contributed by atoms with Crippen molar-refractivity contribution in [3.63, 3.8) is 0 Å². The van der Waals surface area contributed by atoms with E-state index in [1.54, 1.807) is 0 Å². The Morgan fingerprint density at radius 3 is 0.875 bits per heavy atom. The summed E-state index contributed by atoms with van der Waals surface area (Å²) in [6.45, 7) is 0. The highest BCUT2D eigenvalue weighted by Crippen LogP contribution is 2.14. The highest BCUT2D eigenvalue weighted by atomic mass is 28.2. The Hall–Kier alpha value is 0.217. The standard InChI is InChI=1S/C15H30Si/c1-2-4-6-8-10-12-14-16-15-13-11-9-7-5-3-1/h1-15H2. The molecule has 0 bridgehead atoms. The Morgan fingerprint density at radius 2 is 0.562 bits per heavy atom. The Kier molecular flexibility index (Phi) is 10.4. The minimum atomic E-state index is 1.27. The lowest BCUT2D eigenvalue weighted by atomic mass is 10.0. The Balaban J connectivity index is 2.00. The van der Waals surface area contributed by atoms with Crippen LogP contribution in [0.5, 0.6) is 0 Å². The molecule has 0 N–H and O–H groups in total. The van der Waals surface area contributed by atoms with E-state index in [4.69, 9.17) is 0 Å². The largest absolute Gasteiger partial charge is 0.0612 e. The Morgan fingerprint density at radius 1 is 0.312 bits per heavy atom. The molecule has 1 heteroatoms. The third-order valence-corrected chi connectivity index (χ3v) is 5.12. The third-order valence-electron chi connectivity index (χ3n) is 3.71. The first-order valence-electron chi connectivity index (χ1n) is 7.71. The highest BCUT2D eigenvalue weighted by Gasteiger charge is 1.96. The fraction of sp³-hybridized carbons (Fsp3) is 1.00. The molecule has 1 rings (SSSR count). The molecule has 0 aromatic heterocycles. The number of rotatable bonds is 0. The van der Waals surface area contributed by atoms with E-state index in [1.807, 2.05) is 0 Å². The van der Waals surface area contributed by atoms with E-state index in [0.717, 1.165) is 0 Å². The van der Waals surface area contributed by atoms with Gasteiger partial charge in [0, 0.05) is 9.52 Å². The topological polar surface area (TPSA) is 0 Å². The highest BCUT2D eigenvalue weighted by molar-refractivity contribution is 6.35. The Bertz CT molecular complexity index is 69.4. The molecule has 0 atom stereocenters. The van der Waals surface area contributed by atoms with Crippen LogP contribution in [0.3, 0.4) is 0 Å². The summed E-state index contributed by atoms with van der Waals surface area (Å²) in [5.74, 6) is 0. The van der Waals surface area contributed by atoms with E-state index in [-0.39, 0.29) is 0 Å². The monoisotopic (exact) mass is 238 g/mol. The summed E-state index contributed by atoms with van der Waals surface area (Å²) >= 11 is 0. The van der Waals surface area contributed by atoms with Gasteiger partial charge in [-0.05, 0) is 0 Å². The van der Waals surface area contributed by atoms with Gasteiger partial charge in [-0.25, -0.2) is 0 Å². The van der Waals surface area contributed by atoms with Crippen LogP contribution in [0.4, 0.5) is 0 Å². The molecule has 16 heavy (non-hydrogen) atoms. The van der Waals surface area contributed by atoms with E-state index in [1.165, 1.54) is 105 Å². The number of hydrogen-bond acceptors (Lipinski definition) is 0. The molecule has 94 valence electrons. The molecule has 0 aromatic rings. The van der Waals surface area contributed by atoms with Gasteiger partial charge in [0.15, 0.2) is 0 Å². The predicted octanol–water partition coefficient (Wildman–Crippen LogP) is 5.61. The molecular weight excluding hydrogens is 208 g/mol. The second kappa shape index (κ2) is 11.7. The lowest BCUT2D eigenvalue weighted by Crippen LogP contribution is -1.91. The first kappa shape index (κ1) is 14.3. The van der Waals surface area contributed by atoms with Crippen molar-refractivity contribution in [2.75, 3.05) is 0 Å². The van der Waals surface area contributed by atoms with E-state index in [0.29, 0.717) is 0 Å². The van der Waals surface area contributed by atoms with Gasteiger partial charge < -0.3 is 0 Å². The average Bonchev–Trinajstić information content (AvgIpc) is 2.29. The first-order chi connectivity index (χ1) is 8.00. The molecule has 1 heterocycles. The molecule has 1 aliphatic heterocycles. The smallest absolute Gasteiger partial charge is 0.0378 e. The van der Waals surface area contributed by atoms with Crippen LogP contribution < -0.4 is 0 Å². The minimum Gasteiger partial charge on any atom is -0.0612 e. The quantitative estimate of drug-likeness (QED) is 0.481. The van der Waals surface area contributed by atoms with Gasteiger partial charge in [-0.15, -0.1) is 0 Å². The van der Waals surface area contributed by atoms with Gasteiger partial charge in [0.1, 0.15) is 0 Å². The fourth-order valence-electron chi connectivity index (χ4n) is 2.57. The summed E-state index contributed by atoms with van der Waals surface area (Å²) < 4.78 is 0. The van der Waals surface area contributed by atoms with Crippen LogP contribution in [0.15, 0.2) is 0 Å². The van der Waals surface area contributed by atoms with Gasteiger partial charge in [0.2, 0.25) is 0 Å². The van der Waals surface area contributed by atoms with Crippen LogP contribution in [-0.2, 0) is 0 Å². The summed E-state index contributed by atoms with van der Waals surface area (Å²) in [4.78, 5) is 0. The van der Waals surface area contributed by atoms with Gasteiger partial charge in [-0.2, -0.15) is 0 Å². The van der Waals surface area contributed by atoms with Crippen molar-refractivity contribution in [1.82, 2.24) is 0 Å². The molecule has 0 nitrogen and oxygen atoms in total. The van der Waals surface area contributed by atoms with Crippen molar-refractivity contribution in [2.45, 2.75) is 95.6 Å². The van der Waals surface area contributed by atoms with E-state index in [9.17, 15) is 0 Å². The maximum Gasteiger partial charge on any atom is 0.0378 e. The van der Waals surface area contributed by atoms with Crippen LogP contribution in [0.2, 0.25) is 12.1 Å². The van der Waals surface area contributed by atoms with Gasteiger partial charge in [0.25, 0.3) is 0 Å². The van der Waals surface area contributed by atoms with Crippen molar-refractivity contribution >= 4 is 9.52 Å². The molecule has 0 aliphatic carbocycles. The molecule has 0 saturated carbocycles. The molecule has 0 spiro atoms. The van der Waals surface area contributed by atoms with Crippen LogP contribution in [0, 0.1) is 0 Å². The zero-order chi connectivity index (χ0) is 11.3. The van der Waals surface area contributed by atoms with Crippen LogP contribution in [-0.4, -0.2) is 9.52 Å². The zero-order valence-electron chi connectivity index (χ0n) is 11.1. The summed E-state index contributed by atoms with van der Waals surface area (Å²) in [6.07, 6.45) is 19.6. The predicted molar refractivity (Wildman–Crippen MR) is 75.4 cm³/mol. The van der Waals surface area contributed by atoms with Crippen molar-refractivity contribution in [3.8, 4) is 0 Å². The van der Waals surface area contributed by atoms with Gasteiger partial charge in [-0.3, -0.25) is 0 Å². The van der Waals surface area contributed by atoms with Gasteiger partial charge in [-0.1, -0.05) is 95.6 Å². The second-order valence-corrected chi connectivity index (χ2v) is 6.85. The molecular formula is C15H30Si. The molecule has 0 amide bonds. The van der Waals surface area contributed by atoms with E-state index < -0.39 is 0 Å². The number of hydrogen-bond donors (Lipinski definition) is 0. The lowest BCUT2D eigenvalue weighted by molar-refractivity contribution is 0.540. The molecule has 1 saturated heterocycles. The second-order valence-electron chi connectivity index (χ2n) is 5.35. The maximum atomic E-state index is 1.53. The summed E-state index contributed by atoms with van der Waals surface area (Å²) in [5.41, 5.74) is 0. The third kappa shape index (κ3) is 9.44. The van der Waals surface area contributed by atoms with Crippen molar-refractivity contribution in [3.05, 3.63) is 0 Å².